The molecular formula is C7H7BO2S. The van der Waals surface area contributed by atoms with E-state index >= 15 is 0 Å². The molecule has 0 bridgehead atoms. The summed E-state index contributed by atoms with van der Waals surface area (Å²) in [4.78, 5) is 1.06. The second-order valence-electron chi connectivity index (χ2n) is 2.36. The van der Waals surface area contributed by atoms with Crippen molar-refractivity contribution in [3.05, 3.63) is 16.3 Å². The fraction of sp³-hybridized carbons (Fsp3) is 0.429. The Hall–Kier alpha value is -0.315. The van der Waals surface area contributed by atoms with Gasteiger partial charge in [-0.25, -0.2) is 0 Å². The highest BCUT2D eigenvalue weighted by Crippen LogP contribution is 2.25. The lowest BCUT2D eigenvalue weighted by molar-refractivity contribution is -0.0412. The third-order valence-electron chi connectivity index (χ3n) is 1.49. The Kier molecular flexibility index (Phi) is 1.98. The van der Waals surface area contributed by atoms with Crippen LogP contribution >= 0.6 is 11.3 Å². The van der Waals surface area contributed by atoms with Crippen molar-refractivity contribution < 1.29 is 9.47 Å². The Morgan fingerprint density at radius 2 is 2.18 bits per heavy atom. The maximum atomic E-state index is 5.55. The number of rotatable bonds is 1. The normalized spacial score (nSPS) is 19.3. The lowest BCUT2D eigenvalue weighted by atomic mass is 10.0. The summed E-state index contributed by atoms with van der Waals surface area (Å²) < 4.78 is 10.6. The van der Waals surface area contributed by atoms with Crippen molar-refractivity contribution in [1.82, 2.24) is 0 Å². The summed E-state index contributed by atoms with van der Waals surface area (Å²) in [5.41, 5.74) is 0.782. The molecule has 1 aromatic rings. The van der Waals surface area contributed by atoms with Gasteiger partial charge in [0, 0.05) is 0 Å². The van der Waals surface area contributed by atoms with E-state index in [9.17, 15) is 0 Å². The summed E-state index contributed by atoms with van der Waals surface area (Å²) in [5.74, 6) is 0. The van der Waals surface area contributed by atoms with Crippen LogP contribution in [0, 0.1) is 0 Å². The Morgan fingerprint density at radius 3 is 2.73 bits per heavy atom. The molecule has 0 saturated carbocycles. The van der Waals surface area contributed by atoms with Gasteiger partial charge >= 0.3 is 0 Å². The highest BCUT2D eigenvalue weighted by atomic mass is 32.1. The van der Waals surface area contributed by atoms with Crippen molar-refractivity contribution in [2.45, 2.75) is 6.29 Å². The summed E-state index contributed by atoms with van der Waals surface area (Å²) in [7, 11) is 5.55. The van der Waals surface area contributed by atoms with Crippen LogP contribution < -0.4 is 5.46 Å². The molecule has 56 valence electrons. The molecule has 1 fully saturated rings. The average molecular weight is 166 g/mol. The second-order valence-corrected chi connectivity index (χ2v) is 3.30. The van der Waals surface area contributed by atoms with Crippen molar-refractivity contribution in [2.24, 2.45) is 0 Å². The SMILES string of the molecule is [B]c1csc(C2OCCO2)c1. The molecule has 11 heavy (non-hydrogen) atoms. The van der Waals surface area contributed by atoms with Gasteiger partial charge in [-0.3, -0.25) is 0 Å². The van der Waals surface area contributed by atoms with Gasteiger partial charge in [0.05, 0.1) is 18.1 Å². The van der Waals surface area contributed by atoms with E-state index in [1.807, 2.05) is 11.4 Å². The Balaban J connectivity index is 2.15. The third-order valence-corrected chi connectivity index (χ3v) is 2.47. The third kappa shape index (κ3) is 1.48. The van der Waals surface area contributed by atoms with Gasteiger partial charge in [-0.1, -0.05) is 11.5 Å². The number of hydrogen-bond acceptors (Lipinski definition) is 3. The molecule has 2 rings (SSSR count). The van der Waals surface area contributed by atoms with Crippen molar-refractivity contribution >= 4 is 24.6 Å². The van der Waals surface area contributed by atoms with Crippen LogP contribution in [0.4, 0.5) is 0 Å². The van der Waals surface area contributed by atoms with Gasteiger partial charge in [0.25, 0.3) is 0 Å². The summed E-state index contributed by atoms with van der Waals surface area (Å²) in [5, 5.41) is 1.89. The van der Waals surface area contributed by atoms with Crippen molar-refractivity contribution in [3.8, 4) is 0 Å². The first-order valence-electron chi connectivity index (χ1n) is 3.43. The maximum absolute atomic E-state index is 5.55. The molecule has 1 saturated heterocycles. The molecular weight excluding hydrogens is 159 g/mol. The summed E-state index contributed by atoms with van der Waals surface area (Å²) in [6, 6.07) is 1.89. The number of hydrogen-bond donors (Lipinski definition) is 0. The molecule has 0 aromatic carbocycles. The fourth-order valence-electron chi connectivity index (χ4n) is 1.01. The smallest absolute Gasteiger partial charge is 0.193 e. The molecule has 0 aliphatic carbocycles. The molecule has 2 radical (unpaired) electrons. The van der Waals surface area contributed by atoms with Crippen LogP contribution in [-0.2, 0) is 9.47 Å². The largest absolute Gasteiger partial charge is 0.345 e. The lowest BCUT2D eigenvalue weighted by Gasteiger charge is -2.04. The Labute approximate surface area is 70.5 Å². The predicted octanol–water partition coefficient (Wildman–Crippen LogP) is 0.587. The van der Waals surface area contributed by atoms with Crippen LogP contribution in [0.3, 0.4) is 0 Å². The number of thiophene rings is 1. The monoisotopic (exact) mass is 166 g/mol. The Morgan fingerprint density at radius 1 is 1.45 bits per heavy atom. The van der Waals surface area contributed by atoms with Crippen LogP contribution in [-0.4, -0.2) is 21.1 Å². The van der Waals surface area contributed by atoms with E-state index in [2.05, 4.69) is 0 Å². The average Bonchev–Trinajstić information content (AvgIpc) is 2.55. The van der Waals surface area contributed by atoms with Crippen LogP contribution in [0.1, 0.15) is 11.2 Å². The van der Waals surface area contributed by atoms with Crippen molar-refractivity contribution in [1.29, 1.82) is 0 Å². The molecule has 1 aliphatic rings. The zero-order valence-electron chi connectivity index (χ0n) is 5.95. The first kappa shape index (κ1) is 7.34. The molecule has 0 unspecified atom stereocenters. The zero-order valence-corrected chi connectivity index (χ0v) is 6.76. The van der Waals surface area contributed by atoms with E-state index in [1.165, 1.54) is 0 Å². The Bertz CT molecular complexity index is 242. The first-order chi connectivity index (χ1) is 5.36. The van der Waals surface area contributed by atoms with Gasteiger partial charge in [0.15, 0.2) is 6.29 Å². The van der Waals surface area contributed by atoms with Crippen LogP contribution in [0.25, 0.3) is 0 Å². The van der Waals surface area contributed by atoms with Gasteiger partial charge in [-0.15, -0.1) is 11.3 Å². The van der Waals surface area contributed by atoms with E-state index in [-0.39, 0.29) is 6.29 Å². The molecule has 0 N–H and O–H groups in total. The van der Waals surface area contributed by atoms with Crippen molar-refractivity contribution in [2.75, 3.05) is 13.2 Å². The molecule has 4 heteroatoms. The molecule has 2 nitrogen and oxygen atoms in total. The zero-order chi connectivity index (χ0) is 7.68. The van der Waals surface area contributed by atoms with Crippen molar-refractivity contribution in [3.63, 3.8) is 0 Å². The standard InChI is InChI=1S/C7H7BO2S/c8-5-3-6(11-4-5)7-9-1-2-10-7/h3-4,7H,1-2H2. The predicted molar refractivity (Wildman–Crippen MR) is 44.4 cm³/mol. The van der Waals surface area contributed by atoms with E-state index in [0.29, 0.717) is 13.2 Å². The topological polar surface area (TPSA) is 18.5 Å². The fourth-order valence-corrected chi connectivity index (χ4v) is 1.81. The molecule has 1 aromatic heterocycles. The second kappa shape index (κ2) is 2.97. The van der Waals surface area contributed by atoms with Crippen LogP contribution in [0.15, 0.2) is 11.4 Å². The molecule has 0 atom stereocenters. The lowest BCUT2D eigenvalue weighted by Crippen LogP contribution is -1.98. The van der Waals surface area contributed by atoms with E-state index < -0.39 is 0 Å². The van der Waals surface area contributed by atoms with E-state index in [4.69, 9.17) is 17.3 Å². The van der Waals surface area contributed by atoms with E-state index in [1.54, 1.807) is 11.3 Å². The van der Waals surface area contributed by atoms with Crippen LogP contribution in [0.2, 0.25) is 0 Å². The first-order valence-corrected chi connectivity index (χ1v) is 4.31. The molecule has 0 spiro atoms. The van der Waals surface area contributed by atoms with Gasteiger partial charge in [0.2, 0.25) is 0 Å². The molecule has 0 amide bonds. The summed E-state index contributed by atoms with van der Waals surface area (Å²) in [6.45, 7) is 1.37. The minimum Gasteiger partial charge on any atom is -0.345 e. The molecule has 2 heterocycles. The van der Waals surface area contributed by atoms with Gasteiger partial charge in [-0.05, 0) is 5.38 Å². The number of ether oxygens (including phenoxy) is 2. The van der Waals surface area contributed by atoms with Gasteiger partial charge < -0.3 is 9.47 Å². The summed E-state index contributed by atoms with van der Waals surface area (Å²) >= 11 is 1.57. The molecule has 1 aliphatic heterocycles. The highest BCUT2D eigenvalue weighted by Gasteiger charge is 2.18. The van der Waals surface area contributed by atoms with Gasteiger partial charge in [-0.2, -0.15) is 0 Å². The minimum atomic E-state index is -0.169. The maximum Gasteiger partial charge on any atom is 0.193 e. The summed E-state index contributed by atoms with van der Waals surface area (Å²) in [6.07, 6.45) is -0.169. The van der Waals surface area contributed by atoms with Gasteiger partial charge in [0.1, 0.15) is 7.85 Å². The quantitative estimate of drug-likeness (QED) is 0.568. The highest BCUT2D eigenvalue weighted by molar-refractivity contribution is 7.10. The van der Waals surface area contributed by atoms with Crippen LogP contribution in [0.5, 0.6) is 0 Å². The minimum absolute atomic E-state index is 0.169. The van der Waals surface area contributed by atoms with E-state index in [0.717, 1.165) is 10.3 Å².